The van der Waals surface area contributed by atoms with E-state index in [2.05, 4.69) is 34.0 Å². The van der Waals surface area contributed by atoms with Gasteiger partial charge in [0, 0.05) is 44.7 Å². The number of aliphatic imine (C=N–C) groups is 1. The molecule has 0 unspecified atom stereocenters. The summed E-state index contributed by atoms with van der Waals surface area (Å²) < 4.78 is 10.8. The Morgan fingerprint density at radius 1 is 1.22 bits per heavy atom. The Hall–Kier alpha value is -1.55. The van der Waals surface area contributed by atoms with Gasteiger partial charge in [0.1, 0.15) is 0 Å². The maximum Gasteiger partial charge on any atom is 0.193 e. The van der Waals surface area contributed by atoms with Crippen LogP contribution in [0.1, 0.15) is 21.0 Å². The molecule has 0 amide bonds. The lowest BCUT2D eigenvalue weighted by Crippen LogP contribution is -2.39. The van der Waals surface area contributed by atoms with Gasteiger partial charge in [-0.3, -0.25) is 4.99 Å². The van der Waals surface area contributed by atoms with Crippen molar-refractivity contribution in [2.75, 3.05) is 34.9 Å². The minimum Gasteiger partial charge on any atom is -0.493 e. The summed E-state index contributed by atoms with van der Waals surface area (Å²) in [6.07, 6.45) is 2.81. The van der Waals surface area contributed by atoms with Crippen LogP contribution in [0.2, 0.25) is 0 Å². The Balaban J connectivity index is 0.00000364. The molecule has 0 aliphatic heterocycles. The number of nitrogens with one attached hydrogen (secondary N) is 1. The summed E-state index contributed by atoms with van der Waals surface area (Å²) >= 11 is 1.74. The summed E-state index contributed by atoms with van der Waals surface area (Å²) in [5, 5.41) is 4.55. The average molecular weight is 504 g/mol. The molecule has 0 aliphatic carbocycles. The molecule has 2 rings (SSSR count). The second kappa shape index (κ2) is 11.3. The van der Waals surface area contributed by atoms with Gasteiger partial charge in [-0.25, -0.2) is 4.98 Å². The molecule has 150 valence electrons. The molecule has 0 spiro atoms. The summed E-state index contributed by atoms with van der Waals surface area (Å²) in [4.78, 5) is 12.1. The molecule has 1 aromatic heterocycles. The molecule has 0 radical (unpaired) electrons. The lowest BCUT2D eigenvalue weighted by Gasteiger charge is -2.23. The molecule has 1 aromatic carbocycles. The lowest BCUT2D eigenvalue weighted by molar-refractivity contribution is 0.353. The molecule has 27 heavy (non-hydrogen) atoms. The fourth-order valence-corrected chi connectivity index (χ4v) is 3.49. The standard InChI is InChI=1S/C19H28N4O2S.HI/c1-13-9-16(24-5)17(25-6)10-15(13)12-23(4)19(20-3)21-8-7-18-22-11-14(2)26-18;/h9-11H,7-8,12H2,1-6H3,(H,20,21);1H. The summed E-state index contributed by atoms with van der Waals surface area (Å²) in [6.45, 7) is 5.68. The van der Waals surface area contributed by atoms with Crippen LogP contribution in [0, 0.1) is 13.8 Å². The zero-order valence-electron chi connectivity index (χ0n) is 16.8. The first kappa shape index (κ1) is 23.5. The van der Waals surface area contributed by atoms with Gasteiger partial charge < -0.3 is 19.7 Å². The number of hydrogen-bond donors (Lipinski definition) is 1. The van der Waals surface area contributed by atoms with Crippen molar-refractivity contribution in [3.05, 3.63) is 39.3 Å². The minimum atomic E-state index is 0. The van der Waals surface area contributed by atoms with Crippen LogP contribution in [0.25, 0.3) is 0 Å². The summed E-state index contributed by atoms with van der Waals surface area (Å²) in [5.74, 6) is 2.34. The predicted octanol–water partition coefficient (Wildman–Crippen LogP) is 3.65. The highest BCUT2D eigenvalue weighted by Crippen LogP contribution is 2.30. The number of rotatable bonds is 7. The van der Waals surface area contributed by atoms with Gasteiger partial charge in [0.2, 0.25) is 0 Å². The Labute approximate surface area is 183 Å². The Kier molecular flexibility index (Phi) is 9.86. The number of ether oxygens (including phenoxy) is 2. The maximum absolute atomic E-state index is 5.42. The van der Waals surface area contributed by atoms with Gasteiger partial charge in [-0.1, -0.05) is 0 Å². The second-order valence-electron chi connectivity index (χ2n) is 6.08. The highest BCUT2D eigenvalue weighted by atomic mass is 127. The molecule has 1 heterocycles. The second-order valence-corrected chi connectivity index (χ2v) is 7.40. The molecule has 0 aliphatic rings. The number of aromatic nitrogens is 1. The van der Waals surface area contributed by atoms with Crippen LogP contribution in [-0.2, 0) is 13.0 Å². The predicted molar refractivity (Wildman–Crippen MR) is 123 cm³/mol. The average Bonchev–Trinajstić information content (AvgIpc) is 3.05. The number of guanidine groups is 1. The molecule has 1 N–H and O–H groups in total. The van der Waals surface area contributed by atoms with E-state index in [-0.39, 0.29) is 24.0 Å². The molecule has 0 atom stereocenters. The largest absolute Gasteiger partial charge is 0.493 e. The van der Waals surface area contributed by atoms with E-state index in [9.17, 15) is 0 Å². The molecular weight excluding hydrogens is 475 g/mol. The third kappa shape index (κ3) is 6.53. The van der Waals surface area contributed by atoms with Gasteiger partial charge in [0.25, 0.3) is 0 Å². The monoisotopic (exact) mass is 504 g/mol. The van der Waals surface area contributed by atoms with Crippen molar-refractivity contribution in [1.82, 2.24) is 15.2 Å². The van der Waals surface area contributed by atoms with Crippen molar-refractivity contribution in [3.8, 4) is 11.5 Å². The quantitative estimate of drug-likeness (QED) is 0.355. The molecule has 6 nitrogen and oxygen atoms in total. The lowest BCUT2D eigenvalue weighted by atomic mass is 10.1. The molecule has 0 fully saturated rings. The highest BCUT2D eigenvalue weighted by molar-refractivity contribution is 14.0. The summed E-state index contributed by atoms with van der Waals surface area (Å²) in [6, 6.07) is 4.03. The number of hydrogen-bond acceptors (Lipinski definition) is 5. The minimum absolute atomic E-state index is 0. The molecule has 8 heteroatoms. The van der Waals surface area contributed by atoms with E-state index < -0.39 is 0 Å². The molecular formula is C19H29IN4O2S. The molecule has 0 bridgehead atoms. The fourth-order valence-electron chi connectivity index (χ4n) is 2.71. The van der Waals surface area contributed by atoms with Crippen LogP contribution >= 0.6 is 35.3 Å². The number of thiazole rings is 1. The van der Waals surface area contributed by atoms with Gasteiger partial charge in [0.15, 0.2) is 17.5 Å². The first-order valence-electron chi connectivity index (χ1n) is 8.53. The van der Waals surface area contributed by atoms with Gasteiger partial charge in [-0.05, 0) is 37.1 Å². The van der Waals surface area contributed by atoms with Crippen LogP contribution in [0.5, 0.6) is 11.5 Å². The van der Waals surface area contributed by atoms with E-state index in [0.29, 0.717) is 0 Å². The summed E-state index contributed by atoms with van der Waals surface area (Å²) in [7, 11) is 7.13. The van der Waals surface area contributed by atoms with E-state index in [4.69, 9.17) is 9.47 Å². The molecule has 2 aromatic rings. The van der Waals surface area contributed by atoms with Crippen LogP contribution in [0.3, 0.4) is 0 Å². The Bertz CT molecular complexity index is 764. The van der Waals surface area contributed by atoms with Gasteiger partial charge >= 0.3 is 0 Å². The van der Waals surface area contributed by atoms with Crippen LogP contribution in [-0.4, -0.2) is 50.7 Å². The van der Waals surface area contributed by atoms with Crippen molar-refractivity contribution in [3.63, 3.8) is 0 Å². The smallest absolute Gasteiger partial charge is 0.193 e. The van der Waals surface area contributed by atoms with Crippen LogP contribution in [0.4, 0.5) is 0 Å². The molecule has 0 saturated carbocycles. The van der Waals surface area contributed by atoms with E-state index >= 15 is 0 Å². The van der Waals surface area contributed by atoms with Crippen LogP contribution < -0.4 is 14.8 Å². The zero-order chi connectivity index (χ0) is 19.1. The van der Waals surface area contributed by atoms with Gasteiger partial charge in [0.05, 0.1) is 19.2 Å². The van der Waals surface area contributed by atoms with Crippen molar-refractivity contribution in [1.29, 1.82) is 0 Å². The SMILES string of the molecule is CN=C(NCCc1ncc(C)s1)N(C)Cc1cc(OC)c(OC)cc1C.I. The first-order chi connectivity index (χ1) is 12.5. The van der Waals surface area contributed by atoms with Crippen LogP contribution in [0.15, 0.2) is 23.3 Å². The third-order valence-corrected chi connectivity index (χ3v) is 5.09. The number of nitrogens with zero attached hydrogens (tertiary/aromatic N) is 3. The van der Waals surface area contributed by atoms with E-state index in [1.165, 1.54) is 10.4 Å². The first-order valence-corrected chi connectivity index (χ1v) is 9.34. The van der Waals surface area contributed by atoms with Crippen molar-refractivity contribution in [2.45, 2.75) is 26.8 Å². The Morgan fingerprint density at radius 3 is 2.44 bits per heavy atom. The van der Waals surface area contributed by atoms with Crippen molar-refractivity contribution >= 4 is 41.3 Å². The van der Waals surface area contributed by atoms with Gasteiger partial charge in [-0.2, -0.15) is 0 Å². The normalized spacial score (nSPS) is 11.0. The van der Waals surface area contributed by atoms with Gasteiger partial charge in [-0.15, -0.1) is 35.3 Å². The van der Waals surface area contributed by atoms with Crippen molar-refractivity contribution in [2.24, 2.45) is 4.99 Å². The topological polar surface area (TPSA) is 59.0 Å². The summed E-state index contributed by atoms with van der Waals surface area (Å²) in [5.41, 5.74) is 2.33. The van der Waals surface area contributed by atoms with E-state index in [1.807, 2.05) is 25.4 Å². The number of methoxy groups -OCH3 is 2. The van der Waals surface area contributed by atoms with E-state index in [0.717, 1.165) is 47.5 Å². The highest BCUT2D eigenvalue weighted by Gasteiger charge is 2.12. The number of benzene rings is 1. The maximum atomic E-state index is 5.42. The molecule has 0 saturated heterocycles. The number of halogens is 1. The fraction of sp³-hybridized carbons (Fsp3) is 0.474. The third-order valence-electron chi connectivity index (χ3n) is 4.11. The zero-order valence-corrected chi connectivity index (χ0v) is 20.0. The number of aryl methyl sites for hydroxylation is 2. The van der Waals surface area contributed by atoms with E-state index in [1.54, 1.807) is 32.6 Å². The van der Waals surface area contributed by atoms with Crippen molar-refractivity contribution < 1.29 is 9.47 Å². The Morgan fingerprint density at radius 2 is 1.89 bits per heavy atom.